The number of nitrogens with zero attached hydrogens (tertiary/aromatic N) is 5. The van der Waals surface area contributed by atoms with E-state index in [-0.39, 0.29) is 12.3 Å². The Balaban J connectivity index is 1.28. The quantitative estimate of drug-likeness (QED) is 0.416. The van der Waals surface area contributed by atoms with E-state index >= 15 is 0 Å². The molecule has 10 heteroatoms. The van der Waals surface area contributed by atoms with Gasteiger partial charge in [0.15, 0.2) is 11.5 Å². The van der Waals surface area contributed by atoms with Crippen molar-refractivity contribution in [3.05, 3.63) is 42.5 Å². The van der Waals surface area contributed by atoms with Gasteiger partial charge in [0.2, 0.25) is 0 Å². The van der Waals surface area contributed by atoms with Crippen molar-refractivity contribution in [3.8, 4) is 11.1 Å². The molecule has 0 amide bonds. The molecule has 1 aliphatic heterocycles. The zero-order valence-corrected chi connectivity index (χ0v) is 18.9. The Kier molecular flexibility index (Phi) is 5.64. The number of rotatable bonds is 5. The Morgan fingerprint density at radius 2 is 1.97 bits per heavy atom. The van der Waals surface area contributed by atoms with Crippen LogP contribution in [0.25, 0.3) is 27.8 Å². The zero-order valence-electron chi connectivity index (χ0n) is 18.9. The van der Waals surface area contributed by atoms with Gasteiger partial charge in [-0.25, -0.2) is 19.3 Å². The van der Waals surface area contributed by atoms with E-state index in [1.54, 1.807) is 16.9 Å². The van der Waals surface area contributed by atoms with Gasteiger partial charge in [-0.3, -0.25) is 9.30 Å². The van der Waals surface area contributed by atoms with Crippen molar-refractivity contribution in [1.82, 2.24) is 29.2 Å². The Morgan fingerprint density at radius 1 is 1.15 bits per heavy atom. The summed E-state index contributed by atoms with van der Waals surface area (Å²) in [5, 5.41) is 14.1. The summed E-state index contributed by atoms with van der Waals surface area (Å²) < 4.78 is 21.9. The number of imidazole rings is 1. The maximum atomic E-state index is 14.8. The van der Waals surface area contributed by atoms with Crippen LogP contribution in [0.5, 0.6) is 0 Å². The number of halogens is 1. The molecule has 0 atom stereocenters. The van der Waals surface area contributed by atoms with Crippen molar-refractivity contribution < 1.29 is 14.2 Å². The highest BCUT2D eigenvalue weighted by Gasteiger charge is 2.27. The number of fused-ring (bicyclic) bond motifs is 2. The van der Waals surface area contributed by atoms with E-state index in [0.29, 0.717) is 29.0 Å². The average Bonchev–Trinajstić information content (AvgIpc) is 3.50. The van der Waals surface area contributed by atoms with Crippen molar-refractivity contribution in [1.29, 1.82) is 0 Å². The molecule has 3 N–H and O–H groups in total. The maximum Gasteiger partial charge on any atom is 0.173 e. The maximum absolute atomic E-state index is 14.8. The Morgan fingerprint density at radius 3 is 2.76 bits per heavy atom. The lowest BCUT2D eigenvalue weighted by Crippen LogP contribution is -2.46. The topological polar surface area (TPSA) is 104 Å². The van der Waals surface area contributed by atoms with Crippen LogP contribution in [0.3, 0.4) is 0 Å². The third kappa shape index (κ3) is 3.81. The van der Waals surface area contributed by atoms with Gasteiger partial charge in [-0.2, -0.15) is 0 Å². The van der Waals surface area contributed by atoms with Crippen molar-refractivity contribution >= 4 is 22.5 Å². The predicted octanol–water partition coefficient (Wildman–Crippen LogP) is 2.96. The number of pyridine rings is 1. The van der Waals surface area contributed by atoms with Gasteiger partial charge >= 0.3 is 0 Å². The minimum atomic E-state index is -0.445. The van der Waals surface area contributed by atoms with Crippen molar-refractivity contribution in [3.63, 3.8) is 0 Å². The van der Waals surface area contributed by atoms with E-state index in [9.17, 15) is 9.50 Å². The van der Waals surface area contributed by atoms with Gasteiger partial charge in [0, 0.05) is 48.7 Å². The number of morpholine rings is 1. The van der Waals surface area contributed by atoms with Crippen LogP contribution in [0.15, 0.2) is 31.0 Å². The van der Waals surface area contributed by atoms with Crippen LogP contribution < -0.4 is 5.32 Å². The number of H-pyrrole nitrogens is 1. The standard InChI is InChI=1S/C24H28FN7O2/c25-20-9-15(12-32-18(13-33)10-27-24(20)32)19-11-26-22-21(19)23(29-14-28-22)30-16-1-3-17(4-2-16)31-5-7-34-8-6-31/h9-12,14,16-17,33H,1-8,13H2,(H2,26,28,29,30)/t16-,17-. The van der Waals surface area contributed by atoms with Crippen LogP contribution in [0, 0.1) is 5.82 Å². The first-order valence-electron chi connectivity index (χ1n) is 11.9. The molecule has 1 saturated carbocycles. The monoisotopic (exact) mass is 465 g/mol. The summed E-state index contributed by atoms with van der Waals surface area (Å²) in [4.78, 5) is 18.8. The summed E-state index contributed by atoms with van der Waals surface area (Å²) in [6, 6.07) is 2.42. The lowest BCUT2D eigenvalue weighted by atomic mass is 9.90. The van der Waals surface area contributed by atoms with Crippen LogP contribution in [0.2, 0.25) is 0 Å². The molecule has 2 fully saturated rings. The van der Waals surface area contributed by atoms with Gasteiger partial charge in [-0.1, -0.05) is 0 Å². The van der Waals surface area contributed by atoms with Gasteiger partial charge < -0.3 is 20.1 Å². The highest BCUT2D eigenvalue weighted by molar-refractivity contribution is 6.00. The van der Waals surface area contributed by atoms with Crippen LogP contribution >= 0.6 is 0 Å². The van der Waals surface area contributed by atoms with Crippen LogP contribution in [-0.4, -0.2) is 72.7 Å². The zero-order chi connectivity index (χ0) is 23.1. The second-order valence-electron chi connectivity index (χ2n) is 9.12. The second-order valence-corrected chi connectivity index (χ2v) is 9.12. The SMILES string of the molecule is OCc1cnc2c(F)cc(-c3c[nH]c4ncnc(N[C@H]5CC[C@H](N6CCOCC6)CC5)c34)cn12. The minimum absolute atomic E-state index is 0.194. The molecule has 0 unspecified atom stereocenters. The smallest absolute Gasteiger partial charge is 0.173 e. The third-order valence-corrected chi connectivity index (χ3v) is 7.18. The molecule has 2 aliphatic rings. The summed E-state index contributed by atoms with van der Waals surface area (Å²) in [7, 11) is 0. The molecule has 9 nitrogen and oxygen atoms in total. The summed E-state index contributed by atoms with van der Waals surface area (Å²) in [5.74, 6) is 0.309. The highest BCUT2D eigenvalue weighted by Crippen LogP contribution is 2.34. The lowest BCUT2D eigenvalue weighted by Gasteiger charge is -2.39. The molecule has 0 aromatic carbocycles. The predicted molar refractivity (Wildman–Crippen MR) is 126 cm³/mol. The summed E-state index contributed by atoms with van der Waals surface area (Å²) >= 11 is 0. The minimum Gasteiger partial charge on any atom is -0.390 e. The summed E-state index contributed by atoms with van der Waals surface area (Å²) in [5.41, 5.74) is 2.89. The first kappa shape index (κ1) is 21.5. The average molecular weight is 466 g/mol. The van der Waals surface area contributed by atoms with E-state index in [1.807, 2.05) is 6.20 Å². The fourth-order valence-corrected chi connectivity index (χ4v) is 5.38. The number of aromatic nitrogens is 5. The molecule has 4 aromatic rings. The highest BCUT2D eigenvalue weighted by atomic mass is 19.1. The number of hydrogen-bond donors (Lipinski definition) is 3. The van der Waals surface area contributed by atoms with Crippen LogP contribution in [0.4, 0.5) is 10.2 Å². The Labute approximate surface area is 196 Å². The molecule has 34 heavy (non-hydrogen) atoms. The van der Waals surface area contributed by atoms with E-state index in [4.69, 9.17) is 4.74 Å². The molecule has 1 aliphatic carbocycles. The fraction of sp³-hybridized carbons (Fsp3) is 0.458. The molecule has 1 saturated heterocycles. The number of hydrogen-bond acceptors (Lipinski definition) is 7. The number of aromatic amines is 1. The van der Waals surface area contributed by atoms with Gasteiger partial charge in [0.05, 0.1) is 37.1 Å². The van der Waals surface area contributed by atoms with Crippen molar-refractivity contribution in [2.24, 2.45) is 0 Å². The molecule has 178 valence electrons. The second kappa shape index (κ2) is 8.94. The first-order chi connectivity index (χ1) is 16.7. The molecule has 4 aromatic heterocycles. The number of aliphatic hydroxyl groups is 1. The molecule has 0 spiro atoms. The summed E-state index contributed by atoms with van der Waals surface area (Å²) in [6.07, 6.45) is 11.1. The van der Waals surface area contributed by atoms with Gasteiger partial charge in [-0.15, -0.1) is 0 Å². The van der Waals surface area contributed by atoms with Gasteiger partial charge in [0.1, 0.15) is 17.8 Å². The molecular formula is C24H28FN7O2. The first-order valence-corrected chi connectivity index (χ1v) is 11.9. The van der Waals surface area contributed by atoms with Crippen LogP contribution in [0.1, 0.15) is 31.4 Å². The van der Waals surface area contributed by atoms with Crippen molar-refractivity contribution in [2.75, 3.05) is 31.6 Å². The number of aliphatic hydroxyl groups excluding tert-OH is 1. The molecular weight excluding hydrogens is 437 g/mol. The van der Waals surface area contributed by atoms with E-state index in [2.05, 4.69) is 30.2 Å². The number of nitrogens with one attached hydrogen (secondary N) is 2. The molecule has 0 bridgehead atoms. The summed E-state index contributed by atoms with van der Waals surface area (Å²) in [6.45, 7) is 3.49. The largest absolute Gasteiger partial charge is 0.390 e. The Bertz CT molecular complexity index is 1310. The fourth-order valence-electron chi connectivity index (χ4n) is 5.38. The van der Waals surface area contributed by atoms with E-state index in [1.165, 1.54) is 12.3 Å². The van der Waals surface area contributed by atoms with Gasteiger partial charge in [0.25, 0.3) is 0 Å². The molecule has 5 heterocycles. The Hall–Kier alpha value is -3.08. The normalized spacial score (nSPS) is 21.9. The number of anilines is 1. The van der Waals surface area contributed by atoms with E-state index < -0.39 is 5.82 Å². The van der Waals surface area contributed by atoms with Gasteiger partial charge in [-0.05, 0) is 31.7 Å². The van der Waals surface area contributed by atoms with Crippen molar-refractivity contribution in [2.45, 2.75) is 44.4 Å². The molecule has 6 rings (SSSR count). The van der Waals surface area contributed by atoms with Crippen LogP contribution in [-0.2, 0) is 11.3 Å². The number of ether oxygens (including phenoxy) is 1. The molecule has 0 radical (unpaired) electrons. The lowest BCUT2D eigenvalue weighted by molar-refractivity contribution is 0.00791. The third-order valence-electron chi connectivity index (χ3n) is 7.18. The van der Waals surface area contributed by atoms with E-state index in [0.717, 1.165) is 68.8 Å².